The second-order valence-electron chi connectivity index (χ2n) is 15.5. The van der Waals surface area contributed by atoms with Gasteiger partial charge in [-0.15, -0.1) is 0 Å². The molecule has 0 saturated heterocycles. The van der Waals surface area contributed by atoms with E-state index in [1.54, 1.807) is 6.92 Å². The minimum absolute atomic E-state index is 0.0124. The van der Waals surface area contributed by atoms with Crippen molar-refractivity contribution in [2.24, 2.45) is 17.3 Å². The first-order valence-corrected chi connectivity index (χ1v) is 19.7. The van der Waals surface area contributed by atoms with Crippen LogP contribution in [-0.4, -0.2) is 34.9 Å². The molecule has 0 spiro atoms. The van der Waals surface area contributed by atoms with Crippen LogP contribution in [-0.2, 0) is 49.9 Å². The highest BCUT2D eigenvalue weighted by Crippen LogP contribution is 2.45. The van der Waals surface area contributed by atoms with E-state index in [-0.39, 0.29) is 37.3 Å². The van der Waals surface area contributed by atoms with Gasteiger partial charge < -0.3 is 14.6 Å². The van der Waals surface area contributed by atoms with Crippen LogP contribution in [0.15, 0.2) is 109 Å². The van der Waals surface area contributed by atoms with Gasteiger partial charge in [-0.05, 0) is 78.8 Å². The van der Waals surface area contributed by atoms with E-state index >= 15 is 0 Å². The molecule has 0 heterocycles. The molecule has 5 atom stereocenters. The van der Waals surface area contributed by atoms with Gasteiger partial charge in [0.15, 0.2) is 0 Å². The van der Waals surface area contributed by atoms with Gasteiger partial charge in [-0.2, -0.15) is 0 Å². The first kappa shape index (κ1) is 39.1. The van der Waals surface area contributed by atoms with Crippen LogP contribution in [0, 0.1) is 17.3 Å². The molecule has 6 nitrogen and oxygen atoms in total. The van der Waals surface area contributed by atoms with Gasteiger partial charge in [0.05, 0.1) is 24.2 Å². The molecule has 6 rings (SSSR count). The number of ether oxygens (including phenoxy) is 2. The summed E-state index contributed by atoms with van der Waals surface area (Å²) in [4.78, 5) is 40.0. The lowest BCUT2D eigenvalue weighted by Crippen LogP contribution is -2.37. The van der Waals surface area contributed by atoms with Gasteiger partial charge in [0.2, 0.25) is 0 Å². The third-order valence-electron chi connectivity index (χ3n) is 11.4. The quantitative estimate of drug-likeness (QED) is 0.0970. The monoisotopic (exact) mass is 726 g/mol. The van der Waals surface area contributed by atoms with Crippen LogP contribution >= 0.6 is 0 Å². The van der Waals surface area contributed by atoms with Crippen molar-refractivity contribution < 1.29 is 29.0 Å². The highest BCUT2D eigenvalue weighted by molar-refractivity contribution is 5.90. The van der Waals surface area contributed by atoms with Gasteiger partial charge in [0.25, 0.3) is 0 Å². The van der Waals surface area contributed by atoms with Crippen molar-refractivity contribution in [3.05, 3.63) is 143 Å². The Morgan fingerprint density at radius 3 is 1.93 bits per heavy atom. The standard InChI is InChI=1S/C48H54O6/c1-48(47(52)54-34-40-13-7-3-8-14-40)32-42(49)31-44(48)45(50)28-27-37-21-19-35(20-22-37)17-18-36-23-25-38(26-24-36)29-46(51)41-15-9-4-10-16-43(30-41)53-33-39-11-5-2-6-12-39/h2-3,5-8,11-14,17-26,41-44,49H,4,9-10,15-16,27-34H2,1H3/b18-17-/t41-,42?,43?,44+,48?/m1/s1. The van der Waals surface area contributed by atoms with E-state index in [2.05, 4.69) is 48.6 Å². The number of ketones is 2. The van der Waals surface area contributed by atoms with Crippen LogP contribution in [0.25, 0.3) is 12.2 Å². The number of aliphatic hydroxyl groups excluding tert-OH is 1. The summed E-state index contributed by atoms with van der Waals surface area (Å²) in [6.45, 7) is 2.49. The van der Waals surface area contributed by atoms with Crippen molar-refractivity contribution in [2.45, 2.75) is 103 Å². The third kappa shape index (κ3) is 11.0. The molecule has 282 valence electrons. The fourth-order valence-electron chi connectivity index (χ4n) is 8.09. The molecule has 0 aliphatic heterocycles. The molecular formula is C48H54O6. The number of hydrogen-bond donors (Lipinski definition) is 1. The topological polar surface area (TPSA) is 89.9 Å². The average molecular weight is 727 g/mol. The first-order valence-electron chi connectivity index (χ1n) is 19.7. The third-order valence-corrected chi connectivity index (χ3v) is 11.4. The summed E-state index contributed by atoms with van der Waals surface area (Å²) in [6.07, 6.45) is 11.5. The highest BCUT2D eigenvalue weighted by atomic mass is 16.5. The van der Waals surface area contributed by atoms with Crippen LogP contribution in [0.4, 0.5) is 0 Å². The predicted octanol–water partition coefficient (Wildman–Crippen LogP) is 9.55. The van der Waals surface area contributed by atoms with Crippen LogP contribution < -0.4 is 0 Å². The zero-order valence-corrected chi connectivity index (χ0v) is 31.5. The maximum Gasteiger partial charge on any atom is 0.312 e. The molecule has 0 radical (unpaired) electrons. The fraction of sp³-hybridized carbons (Fsp3) is 0.396. The SMILES string of the molecule is CC1(C(=O)OCc2ccccc2)CC(O)C[C@H]1C(=O)CCc1ccc(/C=C\c2ccc(CC(=O)[C@@H]3CCCCCC(OCc4ccccc4)C3)cc2)cc1. The summed E-state index contributed by atoms with van der Waals surface area (Å²) >= 11 is 0. The Balaban J connectivity index is 0.962. The van der Waals surface area contributed by atoms with Crippen LogP contribution in [0.3, 0.4) is 0 Å². The molecule has 2 saturated carbocycles. The average Bonchev–Trinajstić information content (AvgIpc) is 3.51. The first-order chi connectivity index (χ1) is 26.2. The minimum Gasteiger partial charge on any atom is -0.460 e. The normalized spacial score (nSPS) is 23.1. The molecular weight excluding hydrogens is 673 g/mol. The smallest absolute Gasteiger partial charge is 0.312 e. The van der Waals surface area contributed by atoms with Crippen molar-refractivity contribution in [3.63, 3.8) is 0 Å². The molecule has 0 amide bonds. The number of Topliss-reactive ketones (excluding diaryl/α,β-unsaturated/α-hetero) is 2. The Kier molecular flexibility index (Phi) is 13.8. The molecule has 0 aromatic heterocycles. The van der Waals surface area contributed by atoms with Gasteiger partial charge in [-0.1, -0.05) is 141 Å². The molecule has 2 aliphatic carbocycles. The Hall–Kier alpha value is -4.65. The molecule has 6 heteroatoms. The summed E-state index contributed by atoms with van der Waals surface area (Å²) in [7, 11) is 0. The Bertz CT molecular complexity index is 1830. The number of aryl methyl sites for hydroxylation is 1. The summed E-state index contributed by atoms with van der Waals surface area (Å²) in [5.41, 5.74) is 5.20. The maximum atomic E-state index is 13.4. The summed E-state index contributed by atoms with van der Waals surface area (Å²) in [5.74, 6) is -0.657. The lowest BCUT2D eigenvalue weighted by molar-refractivity contribution is -0.161. The van der Waals surface area contributed by atoms with Crippen molar-refractivity contribution in [1.29, 1.82) is 0 Å². The van der Waals surface area contributed by atoms with Crippen molar-refractivity contribution in [1.82, 2.24) is 0 Å². The minimum atomic E-state index is -1.04. The molecule has 2 fully saturated rings. The van der Waals surface area contributed by atoms with Crippen LogP contribution in [0.2, 0.25) is 0 Å². The van der Waals surface area contributed by atoms with E-state index in [0.717, 1.165) is 66.3 Å². The van der Waals surface area contributed by atoms with E-state index < -0.39 is 23.4 Å². The number of benzene rings is 4. The Morgan fingerprint density at radius 2 is 1.28 bits per heavy atom. The van der Waals surface area contributed by atoms with Gasteiger partial charge in [0, 0.05) is 24.7 Å². The van der Waals surface area contributed by atoms with E-state index in [4.69, 9.17) is 9.47 Å². The number of aliphatic hydroxyl groups is 1. The van der Waals surface area contributed by atoms with Crippen molar-refractivity contribution >= 4 is 29.7 Å². The highest BCUT2D eigenvalue weighted by Gasteiger charge is 2.52. The lowest BCUT2D eigenvalue weighted by atomic mass is 9.76. The summed E-state index contributed by atoms with van der Waals surface area (Å²) in [5, 5.41) is 10.4. The van der Waals surface area contributed by atoms with E-state index in [1.165, 1.54) is 5.56 Å². The second kappa shape index (κ2) is 19.1. The zero-order valence-electron chi connectivity index (χ0n) is 31.5. The predicted molar refractivity (Wildman–Crippen MR) is 213 cm³/mol. The molecule has 1 N–H and O–H groups in total. The number of rotatable bonds is 15. The number of hydrogen-bond acceptors (Lipinski definition) is 6. The van der Waals surface area contributed by atoms with E-state index in [0.29, 0.717) is 31.7 Å². The lowest BCUT2D eigenvalue weighted by Gasteiger charge is -2.28. The largest absolute Gasteiger partial charge is 0.460 e. The molecule has 2 aliphatic rings. The molecule has 0 bridgehead atoms. The van der Waals surface area contributed by atoms with Crippen LogP contribution in [0.5, 0.6) is 0 Å². The molecule has 54 heavy (non-hydrogen) atoms. The van der Waals surface area contributed by atoms with E-state index in [1.807, 2.05) is 72.8 Å². The number of carbonyl (C=O) groups excluding carboxylic acids is 3. The zero-order chi connectivity index (χ0) is 37.8. The summed E-state index contributed by atoms with van der Waals surface area (Å²) < 4.78 is 11.9. The number of carbonyl (C=O) groups is 3. The van der Waals surface area contributed by atoms with Gasteiger partial charge in [0.1, 0.15) is 18.2 Å². The second-order valence-corrected chi connectivity index (χ2v) is 15.5. The van der Waals surface area contributed by atoms with E-state index in [9.17, 15) is 19.5 Å². The maximum absolute atomic E-state index is 13.4. The molecule has 4 aromatic rings. The van der Waals surface area contributed by atoms with Crippen molar-refractivity contribution in [3.8, 4) is 0 Å². The fourth-order valence-corrected chi connectivity index (χ4v) is 8.09. The van der Waals surface area contributed by atoms with Gasteiger partial charge >= 0.3 is 5.97 Å². The molecule has 4 aromatic carbocycles. The number of esters is 1. The van der Waals surface area contributed by atoms with Crippen molar-refractivity contribution in [2.75, 3.05) is 0 Å². The van der Waals surface area contributed by atoms with Crippen LogP contribution in [0.1, 0.15) is 98.1 Å². The summed E-state index contributed by atoms with van der Waals surface area (Å²) in [6, 6.07) is 36.1. The van der Waals surface area contributed by atoms with Gasteiger partial charge in [-0.3, -0.25) is 14.4 Å². The Labute approximate surface area is 320 Å². The Morgan fingerprint density at radius 1 is 0.685 bits per heavy atom. The molecule has 3 unspecified atom stereocenters. The van der Waals surface area contributed by atoms with Gasteiger partial charge in [-0.25, -0.2) is 0 Å².